The molecule has 2 N–H and O–H groups in total. The summed E-state index contributed by atoms with van der Waals surface area (Å²) in [6, 6.07) is 24.6. The average molecular weight is 532 g/mol. The SMILES string of the molecule is COc1c(C(=O)NC(=S)Nc2ccc3oc(-c4ccccc4)nc3c2)cc2ccccc2c1Br. The van der Waals surface area contributed by atoms with Crippen LogP contribution in [-0.4, -0.2) is 23.1 Å². The summed E-state index contributed by atoms with van der Waals surface area (Å²) in [6.45, 7) is 0. The second-order valence-corrected chi connectivity index (χ2v) is 8.67. The zero-order valence-corrected chi connectivity index (χ0v) is 20.4. The van der Waals surface area contributed by atoms with Gasteiger partial charge in [-0.25, -0.2) is 4.98 Å². The molecule has 0 radical (unpaired) electrons. The largest absolute Gasteiger partial charge is 0.495 e. The number of oxazole rings is 1. The number of amides is 1. The van der Waals surface area contributed by atoms with Crippen molar-refractivity contribution in [3.05, 3.63) is 88.9 Å². The second kappa shape index (κ2) is 9.24. The van der Waals surface area contributed by atoms with E-state index in [4.69, 9.17) is 21.4 Å². The molecule has 8 heteroatoms. The number of anilines is 1. The number of rotatable bonds is 4. The molecule has 0 aliphatic rings. The number of hydrogen-bond donors (Lipinski definition) is 2. The lowest BCUT2D eigenvalue weighted by atomic mass is 10.1. The Morgan fingerprint density at radius 3 is 2.59 bits per heavy atom. The van der Waals surface area contributed by atoms with Crippen molar-refractivity contribution in [2.45, 2.75) is 0 Å². The molecular formula is C26H18BrN3O3S. The van der Waals surface area contributed by atoms with Gasteiger partial charge in [0.1, 0.15) is 11.3 Å². The van der Waals surface area contributed by atoms with Crippen molar-refractivity contribution < 1.29 is 13.9 Å². The van der Waals surface area contributed by atoms with Crippen molar-refractivity contribution in [2.75, 3.05) is 12.4 Å². The van der Waals surface area contributed by atoms with E-state index in [0.717, 1.165) is 16.3 Å². The fraction of sp³-hybridized carbons (Fsp3) is 0.0385. The van der Waals surface area contributed by atoms with Crippen LogP contribution >= 0.6 is 28.1 Å². The number of hydrogen-bond acceptors (Lipinski definition) is 5. The molecule has 1 aromatic heterocycles. The minimum atomic E-state index is -0.380. The first-order valence-corrected chi connectivity index (χ1v) is 11.6. The van der Waals surface area contributed by atoms with Gasteiger partial charge in [-0.1, -0.05) is 42.5 Å². The maximum atomic E-state index is 13.0. The number of nitrogens with zero attached hydrogens (tertiary/aromatic N) is 1. The fourth-order valence-electron chi connectivity index (χ4n) is 3.69. The first-order chi connectivity index (χ1) is 16.5. The van der Waals surface area contributed by atoms with Crippen molar-refractivity contribution in [3.63, 3.8) is 0 Å². The molecular weight excluding hydrogens is 514 g/mol. The third kappa shape index (κ3) is 4.25. The Bertz CT molecular complexity index is 1550. The topological polar surface area (TPSA) is 76.4 Å². The molecule has 34 heavy (non-hydrogen) atoms. The Labute approximate surface area is 209 Å². The van der Waals surface area contributed by atoms with E-state index in [1.807, 2.05) is 72.8 Å². The highest BCUT2D eigenvalue weighted by molar-refractivity contribution is 9.10. The summed E-state index contributed by atoms with van der Waals surface area (Å²) in [5, 5.41) is 7.78. The summed E-state index contributed by atoms with van der Waals surface area (Å²) >= 11 is 8.94. The first kappa shape index (κ1) is 22.1. The Morgan fingerprint density at radius 2 is 1.79 bits per heavy atom. The molecule has 0 saturated heterocycles. The molecule has 0 aliphatic heterocycles. The number of benzene rings is 4. The Hall–Kier alpha value is -3.75. The summed E-state index contributed by atoms with van der Waals surface area (Å²) in [5.74, 6) is 0.601. The van der Waals surface area contributed by atoms with Gasteiger partial charge in [-0.2, -0.15) is 0 Å². The van der Waals surface area contributed by atoms with Crippen LogP contribution in [0.4, 0.5) is 5.69 Å². The van der Waals surface area contributed by atoms with Crippen molar-refractivity contribution in [3.8, 4) is 17.2 Å². The predicted octanol–water partition coefficient (Wildman–Crippen LogP) is 6.55. The molecule has 0 unspecified atom stereocenters. The van der Waals surface area contributed by atoms with Gasteiger partial charge in [0.25, 0.3) is 5.91 Å². The summed E-state index contributed by atoms with van der Waals surface area (Å²) in [6.07, 6.45) is 0. The highest BCUT2D eigenvalue weighted by atomic mass is 79.9. The van der Waals surface area contributed by atoms with Gasteiger partial charge in [0.2, 0.25) is 5.89 Å². The number of ether oxygens (including phenoxy) is 1. The lowest BCUT2D eigenvalue weighted by Crippen LogP contribution is -2.34. The van der Waals surface area contributed by atoms with E-state index in [1.54, 1.807) is 6.07 Å². The second-order valence-electron chi connectivity index (χ2n) is 7.47. The highest BCUT2D eigenvalue weighted by Crippen LogP contribution is 2.36. The van der Waals surface area contributed by atoms with Gasteiger partial charge in [-0.05, 0) is 75.3 Å². The van der Waals surface area contributed by atoms with E-state index in [0.29, 0.717) is 38.5 Å². The van der Waals surface area contributed by atoms with Crippen LogP contribution in [0.15, 0.2) is 87.8 Å². The molecule has 1 heterocycles. The molecule has 0 bridgehead atoms. The van der Waals surface area contributed by atoms with Crippen LogP contribution < -0.4 is 15.4 Å². The maximum Gasteiger partial charge on any atom is 0.261 e. The van der Waals surface area contributed by atoms with Crippen LogP contribution in [0.1, 0.15) is 10.4 Å². The Kier molecular flexibility index (Phi) is 6.00. The zero-order valence-electron chi connectivity index (χ0n) is 18.0. The number of thiocarbonyl (C=S) groups is 1. The number of fused-ring (bicyclic) bond motifs is 2. The molecule has 0 atom stereocenters. The number of methoxy groups -OCH3 is 1. The standard InChI is InChI=1S/C26H18BrN3O3S/c1-32-23-19(13-16-9-5-6-10-18(16)22(23)27)24(31)30-26(34)28-17-11-12-21-20(14-17)29-25(33-21)15-7-3-2-4-8-15/h2-14H,1H3,(H2,28,30,31,34). The van der Waals surface area contributed by atoms with E-state index in [2.05, 4.69) is 31.5 Å². The molecule has 4 aromatic carbocycles. The molecule has 0 aliphatic carbocycles. The zero-order chi connectivity index (χ0) is 23.7. The van der Waals surface area contributed by atoms with Gasteiger partial charge in [0, 0.05) is 11.3 Å². The lowest BCUT2D eigenvalue weighted by Gasteiger charge is -2.14. The van der Waals surface area contributed by atoms with E-state index in [1.165, 1.54) is 7.11 Å². The lowest BCUT2D eigenvalue weighted by molar-refractivity contribution is 0.0975. The molecule has 6 nitrogen and oxygen atoms in total. The Morgan fingerprint density at radius 1 is 1.03 bits per heavy atom. The van der Waals surface area contributed by atoms with E-state index < -0.39 is 0 Å². The van der Waals surface area contributed by atoms with Gasteiger partial charge in [-0.3, -0.25) is 10.1 Å². The van der Waals surface area contributed by atoms with E-state index in [9.17, 15) is 4.79 Å². The first-order valence-electron chi connectivity index (χ1n) is 10.4. The van der Waals surface area contributed by atoms with Gasteiger partial charge in [-0.15, -0.1) is 0 Å². The summed E-state index contributed by atoms with van der Waals surface area (Å²) in [7, 11) is 1.53. The number of carbonyl (C=O) groups is 1. The van der Waals surface area contributed by atoms with Crippen molar-refractivity contribution in [2.24, 2.45) is 0 Å². The van der Waals surface area contributed by atoms with Gasteiger partial charge in [0.05, 0.1) is 17.1 Å². The van der Waals surface area contributed by atoms with E-state index >= 15 is 0 Å². The van der Waals surface area contributed by atoms with Crippen LogP contribution in [0.5, 0.6) is 5.75 Å². The Balaban J connectivity index is 1.35. The van der Waals surface area contributed by atoms with Crippen LogP contribution in [-0.2, 0) is 0 Å². The normalized spacial score (nSPS) is 10.9. The van der Waals surface area contributed by atoms with Crippen molar-refractivity contribution in [1.82, 2.24) is 10.3 Å². The highest BCUT2D eigenvalue weighted by Gasteiger charge is 2.19. The van der Waals surface area contributed by atoms with Crippen molar-refractivity contribution >= 4 is 66.7 Å². The number of nitrogens with one attached hydrogen (secondary N) is 2. The minimum absolute atomic E-state index is 0.155. The fourth-order valence-corrected chi connectivity index (χ4v) is 4.64. The summed E-state index contributed by atoms with van der Waals surface area (Å²) in [4.78, 5) is 17.6. The van der Waals surface area contributed by atoms with Crippen molar-refractivity contribution in [1.29, 1.82) is 0 Å². The molecule has 0 fully saturated rings. The van der Waals surface area contributed by atoms with Crippen LogP contribution in [0.25, 0.3) is 33.3 Å². The van der Waals surface area contributed by atoms with E-state index in [-0.39, 0.29) is 11.0 Å². The smallest absolute Gasteiger partial charge is 0.261 e. The summed E-state index contributed by atoms with van der Waals surface area (Å²) < 4.78 is 12.1. The monoisotopic (exact) mass is 531 g/mol. The summed E-state index contributed by atoms with van der Waals surface area (Å²) in [5.41, 5.74) is 3.28. The minimum Gasteiger partial charge on any atom is -0.495 e. The third-order valence-corrected chi connectivity index (χ3v) is 6.27. The average Bonchev–Trinajstić information content (AvgIpc) is 3.28. The van der Waals surface area contributed by atoms with Gasteiger partial charge < -0.3 is 14.5 Å². The molecule has 0 spiro atoms. The molecule has 1 amide bonds. The maximum absolute atomic E-state index is 13.0. The molecule has 5 aromatic rings. The van der Waals surface area contributed by atoms with Crippen LogP contribution in [0, 0.1) is 0 Å². The predicted molar refractivity (Wildman–Crippen MR) is 141 cm³/mol. The molecule has 5 rings (SSSR count). The molecule has 168 valence electrons. The number of aromatic nitrogens is 1. The quantitative estimate of drug-likeness (QED) is 0.256. The van der Waals surface area contributed by atoms with Crippen LogP contribution in [0.2, 0.25) is 0 Å². The van der Waals surface area contributed by atoms with Gasteiger partial charge >= 0.3 is 0 Å². The molecule has 0 saturated carbocycles. The third-order valence-electron chi connectivity index (χ3n) is 5.28. The number of carbonyl (C=O) groups excluding carboxylic acids is 1. The van der Waals surface area contributed by atoms with Gasteiger partial charge in [0.15, 0.2) is 10.7 Å². The van der Waals surface area contributed by atoms with Crippen LogP contribution in [0.3, 0.4) is 0 Å². The number of halogens is 1.